The number of nitrogens with zero attached hydrogens (tertiary/aromatic N) is 2. The van der Waals surface area contributed by atoms with E-state index in [2.05, 4.69) is 24.0 Å². The quantitative estimate of drug-likeness (QED) is 0.826. The Hall–Kier alpha value is -0.940. The van der Waals surface area contributed by atoms with Crippen LogP contribution in [0.1, 0.15) is 58.4 Å². The van der Waals surface area contributed by atoms with Crippen LogP contribution in [0.4, 0.5) is 0 Å². The summed E-state index contributed by atoms with van der Waals surface area (Å²) in [6.07, 6.45) is -0.113. The number of ether oxygens (including phenoxy) is 1. The highest BCUT2D eigenvalue weighted by atomic mass is 16.5. The monoisotopic (exact) mass is 241 g/mol. The smallest absolute Gasteiger partial charge is 0.231 e. The third kappa shape index (κ3) is 3.51. The van der Waals surface area contributed by atoms with Gasteiger partial charge in [0.1, 0.15) is 6.10 Å². The van der Waals surface area contributed by atoms with Gasteiger partial charge < -0.3 is 15.0 Å². The second kappa shape index (κ2) is 6.12. The van der Waals surface area contributed by atoms with E-state index in [4.69, 9.17) is 15.0 Å². The molecule has 0 fully saturated rings. The van der Waals surface area contributed by atoms with Gasteiger partial charge in [-0.2, -0.15) is 4.98 Å². The zero-order chi connectivity index (χ0) is 13.0. The molecule has 0 amide bonds. The van der Waals surface area contributed by atoms with E-state index < -0.39 is 0 Å². The van der Waals surface area contributed by atoms with Crippen LogP contribution in [0.25, 0.3) is 0 Å². The van der Waals surface area contributed by atoms with E-state index in [0.717, 1.165) is 0 Å². The minimum Gasteiger partial charge on any atom is -0.370 e. The zero-order valence-corrected chi connectivity index (χ0v) is 11.3. The SMILES string of the molecule is CCOC(c1noc(C(C)C(C)N)n1)C(C)C. The summed E-state index contributed by atoms with van der Waals surface area (Å²) in [5.41, 5.74) is 5.81. The molecule has 3 unspecified atom stereocenters. The summed E-state index contributed by atoms with van der Waals surface area (Å²) in [6.45, 7) is 10.7. The maximum atomic E-state index is 5.81. The van der Waals surface area contributed by atoms with Crippen LogP contribution < -0.4 is 5.73 Å². The molecule has 17 heavy (non-hydrogen) atoms. The first-order valence-electron chi connectivity index (χ1n) is 6.18. The lowest BCUT2D eigenvalue weighted by Crippen LogP contribution is -2.22. The molecule has 0 saturated heterocycles. The maximum Gasteiger partial charge on any atom is 0.231 e. The largest absolute Gasteiger partial charge is 0.370 e. The Bertz CT molecular complexity index is 336. The van der Waals surface area contributed by atoms with Gasteiger partial charge in [0.25, 0.3) is 0 Å². The number of rotatable bonds is 6. The van der Waals surface area contributed by atoms with Gasteiger partial charge >= 0.3 is 0 Å². The fourth-order valence-corrected chi connectivity index (χ4v) is 1.52. The van der Waals surface area contributed by atoms with Gasteiger partial charge in [0.05, 0.1) is 5.92 Å². The molecule has 5 nitrogen and oxygen atoms in total. The summed E-state index contributed by atoms with van der Waals surface area (Å²) in [5.74, 6) is 1.57. The van der Waals surface area contributed by atoms with Crippen molar-refractivity contribution in [1.29, 1.82) is 0 Å². The molecule has 0 aliphatic carbocycles. The van der Waals surface area contributed by atoms with Gasteiger partial charge in [0.2, 0.25) is 11.7 Å². The van der Waals surface area contributed by atoms with Crippen molar-refractivity contribution in [2.45, 2.75) is 52.7 Å². The molecular formula is C12H23N3O2. The third-order valence-electron chi connectivity index (χ3n) is 2.84. The molecule has 3 atom stereocenters. The van der Waals surface area contributed by atoms with Crippen molar-refractivity contribution in [3.63, 3.8) is 0 Å². The second-order valence-corrected chi connectivity index (χ2v) is 4.76. The van der Waals surface area contributed by atoms with Gasteiger partial charge in [0.15, 0.2) is 0 Å². The molecule has 0 aliphatic rings. The topological polar surface area (TPSA) is 74.2 Å². The Morgan fingerprint density at radius 3 is 2.41 bits per heavy atom. The molecule has 0 spiro atoms. The Balaban J connectivity index is 2.84. The molecule has 0 aliphatic heterocycles. The van der Waals surface area contributed by atoms with Gasteiger partial charge in [-0.1, -0.05) is 25.9 Å². The van der Waals surface area contributed by atoms with Crippen LogP contribution in [-0.4, -0.2) is 22.8 Å². The van der Waals surface area contributed by atoms with Crippen molar-refractivity contribution in [3.8, 4) is 0 Å². The standard InChI is InChI=1S/C12H23N3O2/c1-6-16-10(7(2)3)11-14-12(17-15-11)8(4)9(5)13/h7-10H,6,13H2,1-5H3. The van der Waals surface area contributed by atoms with Crippen LogP contribution in [0.3, 0.4) is 0 Å². The lowest BCUT2D eigenvalue weighted by Gasteiger charge is -2.16. The Kier molecular flexibility index (Phi) is 5.08. The van der Waals surface area contributed by atoms with Gasteiger partial charge in [0, 0.05) is 12.6 Å². The molecule has 0 bridgehead atoms. The van der Waals surface area contributed by atoms with Crippen LogP contribution in [0.5, 0.6) is 0 Å². The molecule has 0 radical (unpaired) electrons. The fraction of sp³-hybridized carbons (Fsp3) is 0.833. The van der Waals surface area contributed by atoms with E-state index in [1.165, 1.54) is 0 Å². The molecule has 0 saturated carbocycles. The van der Waals surface area contributed by atoms with Crippen LogP contribution >= 0.6 is 0 Å². The van der Waals surface area contributed by atoms with E-state index in [-0.39, 0.29) is 18.1 Å². The van der Waals surface area contributed by atoms with Crippen LogP contribution in [0.15, 0.2) is 4.52 Å². The number of nitrogens with two attached hydrogens (primary N) is 1. The summed E-state index contributed by atoms with van der Waals surface area (Å²) >= 11 is 0. The predicted molar refractivity (Wildman–Crippen MR) is 65.6 cm³/mol. The van der Waals surface area contributed by atoms with Crippen LogP contribution in [0.2, 0.25) is 0 Å². The van der Waals surface area contributed by atoms with E-state index in [0.29, 0.717) is 24.2 Å². The van der Waals surface area contributed by atoms with Crippen molar-refractivity contribution in [1.82, 2.24) is 10.1 Å². The first-order valence-corrected chi connectivity index (χ1v) is 6.18. The molecule has 1 rings (SSSR count). The molecule has 0 aromatic carbocycles. The second-order valence-electron chi connectivity index (χ2n) is 4.76. The van der Waals surface area contributed by atoms with Crippen molar-refractivity contribution >= 4 is 0 Å². The van der Waals surface area contributed by atoms with Crippen molar-refractivity contribution < 1.29 is 9.26 Å². The number of aromatic nitrogens is 2. The minimum absolute atomic E-state index is 0.00658. The highest BCUT2D eigenvalue weighted by Crippen LogP contribution is 2.25. The summed E-state index contributed by atoms with van der Waals surface area (Å²) in [4.78, 5) is 4.39. The average molecular weight is 241 g/mol. The Labute approximate surface area is 103 Å². The highest BCUT2D eigenvalue weighted by molar-refractivity contribution is 4.98. The lowest BCUT2D eigenvalue weighted by atomic mass is 10.0. The third-order valence-corrected chi connectivity index (χ3v) is 2.84. The van der Waals surface area contributed by atoms with Crippen molar-refractivity contribution in [2.24, 2.45) is 11.7 Å². The lowest BCUT2D eigenvalue weighted by molar-refractivity contribution is 0.0217. The summed E-state index contributed by atoms with van der Waals surface area (Å²) in [6, 6.07) is -0.00658. The molecular weight excluding hydrogens is 218 g/mol. The molecule has 1 aromatic heterocycles. The van der Waals surface area contributed by atoms with Crippen LogP contribution in [-0.2, 0) is 4.74 Å². The summed E-state index contributed by atoms with van der Waals surface area (Å²) in [5, 5.41) is 3.99. The number of hydrogen-bond acceptors (Lipinski definition) is 5. The zero-order valence-electron chi connectivity index (χ0n) is 11.3. The molecule has 1 heterocycles. The Morgan fingerprint density at radius 1 is 1.29 bits per heavy atom. The van der Waals surface area contributed by atoms with Gasteiger partial charge in [-0.15, -0.1) is 0 Å². The van der Waals surface area contributed by atoms with Crippen molar-refractivity contribution in [2.75, 3.05) is 6.61 Å². The molecule has 1 aromatic rings. The highest BCUT2D eigenvalue weighted by Gasteiger charge is 2.24. The molecule has 2 N–H and O–H groups in total. The normalized spacial score (nSPS) is 17.1. The first kappa shape index (κ1) is 14.1. The molecule has 98 valence electrons. The maximum absolute atomic E-state index is 5.81. The van der Waals surface area contributed by atoms with Gasteiger partial charge in [-0.25, -0.2) is 0 Å². The molecule has 5 heteroatoms. The van der Waals surface area contributed by atoms with Crippen LogP contribution in [0, 0.1) is 5.92 Å². The minimum atomic E-state index is -0.113. The predicted octanol–water partition coefficient (Wildman–Crippen LogP) is 2.25. The van der Waals surface area contributed by atoms with E-state index >= 15 is 0 Å². The Morgan fingerprint density at radius 2 is 1.94 bits per heavy atom. The fourth-order valence-electron chi connectivity index (χ4n) is 1.52. The van der Waals surface area contributed by atoms with E-state index in [1.54, 1.807) is 0 Å². The summed E-state index contributed by atoms with van der Waals surface area (Å²) in [7, 11) is 0. The van der Waals surface area contributed by atoms with E-state index in [1.807, 2.05) is 20.8 Å². The van der Waals surface area contributed by atoms with Gasteiger partial charge in [-0.05, 0) is 19.8 Å². The number of hydrogen-bond donors (Lipinski definition) is 1. The summed E-state index contributed by atoms with van der Waals surface area (Å²) < 4.78 is 10.9. The van der Waals surface area contributed by atoms with Gasteiger partial charge in [-0.3, -0.25) is 0 Å². The van der Waals surface area contributed by atoms with Crippen molar-refractivity contribution in [3.05, 3.63) is 11.7 Å². The average Bonchev–Trinajstić information content (AvgIpc) is 2.73. The first-order chi connectivity index (χ1) is 7.97. The van der Waals surface area contributed by atoms with E-state index in [9.17, 15) is 0 Å².